The number of carbonyl (C=O) groups is 1. The van der Waals surface area contributed by atoms with Crippen LogP contribution in [0.5, 0.6) is 5.75 Å². The number of carbonyl (C=O) groups excluding carboxylic acids is 1. The summed E-state index contributed by atoms with van der Waals surface area (Å²) in [7, 11) is 1.63. The van der Waals surface area contributed by atoms with Crippen LogP contribution in [0, 0.1) is 0 Å². The van der Waals surface area contributed by atoms with Gasteiger partial charge < -0.3 is 19.5 Å². The van der Waals surface area contributed by atoms with Gasteiger partial charge in [0.2, 0.25) is 0 Å². The summed E-state index contributed by atoms with van der Waals surface area (Å²) in [6, 6.07) is 7.69. The van der Waals surface area contributed by atoms with Crippen molar-refractivity contribution < 1.29 is 19.4 Å². The van der Waals surface area contributed by atoms with E-state index < -0.39 is 5.60 Å². The summed E-state index contributed by atoms with van der Waals surface area (Å²) >= 11 is 0. The van der Waals surface area contributed by atoms with E-state index in [2.05, 4.69) is 0 Å². The van der Waals surface area contributed by atoms with Gasteiger partial charge in [-0.2, -0.15) is 0 Å². The van der Waals surface area contributed by atoms with Gasteiger partial charge in [0, 0.05) is 13.0 Å². The first-order valence-corrected chi connectivity index (χ1v) is 8.14. The number of ether oxygens (including phenoxy) is 2. The number of rotatable bonds is 6. The second kappa shape index (κ2) is 7.21. The Morgan fingerprint density at radius 2 is 2.04 bits per heavy atom. The third-order valence-corrected chi connectivity index (χ3v) is 4.34. The fourth-order valence-electron chi connectivity index (χ4n) is 2.78. The number of nitrogens with zero attached hydrogens (tertiary/aromatic N) is 1. The Bertz CT molecular complexity index is 521. The van der Waals surface area contributed by atoms with Crippen LogP contribution in [0.4, 0.5) is 4.79 Å². The average molecular weight is 321 g/mol. The minimum absolute atomic E-state index is 0.0383. The molecule has 1 aromatic carbocycles. The maximum Gasteiger partial charge on any atom is 0.410 e. The first kappa shape index (κ1) is 17.6. The number of cyclic esters (lactones) is 1. The van der Waals surface area contributed by atoms with Gasteiger partial charge in [0.25, 0.3) is 0 Å². The van der Waals surface area contributed by atoms with Crippen LogP contribution in [0.3, 0.4) is 0 Å². The number of hydrogen-bond acceptors (Lipinski definition) is 4. The van der Waals surface area contributed by atoms with Crippen molar-refractivity contribution in [2.45, 2.75) is 57.8 Å². The quantitative estimate of drug-likeness (QED) is 0.871. The van der Waals surface area contributed by atoms with Gasteiger partial charge in [0.15, 0.2) is 0 Å². The molecule has 23 heavy (non-hydrogen) atoms. The van der Waals surface area contributed by atoms with E-state index in [1.807, 2.05) is 31.2 Å². The minimum atomic E-state index is -0.722. The Hall–Kier alpha value is -1.75. The molecule has 128 valence electrons. The minimum Gasteiger partial charge on any atom is -0.497 e. The summed E-state index contributed by atoms with van der Waals surface area (Å²) in [6.07, 6.45) is 1.73. The predicted molar refractivity (Wildman–Crippen MR) is 88.5 cm³/mol. The SMILES string of the molecule is COc1ccc(C(C)N2CCC(CCC(C)(C)O)OC2=O)cc1. The van der Waals surface area contributed by atoms with Crippen LogP contribution in [0.25, 0.3) is 0 Å². The molecule has 1 aromatic rings. The molecule has 1 amide bonds. The van der Waals surface area contributed by atoms with Crippen molar-refractivity contribution in [3.05, 3.63) is 29.8 Å². The lowest BCUT2D eigenvalue weighted by Crippen LogP contribution is -2.43. The van der Waals surface area contributed by atoms with Crippen LogP contribution in [0.2, 0.25) is 0 Å². The molecule has 0 spiro atoms. The first-order valence-electron chi connectivity index (χ1n) is 8.14. The highest BCUT2D eigenvalue weighted by Gasteiger charge is 2.31. The smallest absolute Gasteiger partial charge is 0.410 e. The highest BCUT2D eigenvalue weighted by Crippen LogP contribution is 2.28. The van der Waals surface area contributed by atoms with Crippen molar-refractivity contribution in [1.29, 1.82) is 0 Å². The highest BCUT2D eigenvalue weighted by molar-refractivity contribution is 5.69. The zero-order valence-corrected chi connectivity index (χ0v) is 14.4. The summed E-state index contributed by atoms with van der Waals surface area (Å²) in [5.41, 5.74) is 0.331. The van der Waals surface area contributed by atoms with Crippen molar-refractivity contribution in [3.8, 4) is 5.75 Å². The van der Waals surface area contributed by atoms with Gasteiger partial charge in [-0.15, -0.1) is 0 Å². The molecule has 1 fully saturated rings. The maximum absolute atomic E-state index is 12.3. The Kier molecular flexibility index (Phi) is 5.52. The lowest BCUT2D eigenvalue weighted by atomic mass is 9.98. The lowest BCUT2D eigenvalue weighted by molar-refractivity contribution is -0.00600. The average Bonchev–Trinajstić information content (AvgIpc) is 2.52. The van der Waals surface area contributed by atoms with Gasteiger partial charge in [-0.3, -0.25) is 0 Å². The van der Waals surface area contributed by atoms with Crippen LogP contribution in [-0.2, 0) is 4.74 Å². The highest BCUT2D eigenvalue weighted by atomic mass is 16.6. The largest absolute Gasteiger partial charge is 0.497 e. The summed E-state index contributed by atoms with van der Waals surface area (Å²) in [4.78, 5) is 14.0. The normalized spacial score (nSPS) is 20.1. The lowest BCUT2D eigenvalue weighted by Gasteiger charge is -2.36. The molecule has 0 aliphatic carbocycles. The van der Waals surface area contributed by atoms with Crippen LogP contribution in [-0.4, -0.2) is 41.5 Å². The molecule has 5 heteroatoms. The third kappa shape index (κ3) is 4.86. The van der Waals surface area contributed by atoms with Crippen molar-refractivity contribution in [3.63, 3.8) is 0 Å². The molecular formula is C18H27NO4. The van der Waals surface area contributed by atoms with Gasteiger partial charge in [0.05, 0.1) is 18.8 Å². The summed E-state index contributed by atoms with van der Waals surface area (Å²) in [5, 5.41) is 9.78. The molecule has 0 bridgehead atoms. The van der Waals surface area contributed by atoms with Gasteiger partial charge in [0.1, 0.15) is 11.9 Å². The van der Waals surface area contributed by atoms with Gasteiger partial charge in [-0.1, -0.05) is 12.1 Å². The first-order chi connectivity index (χ1) is 10.8. The zero-order chi connectivity index (χ0) is 17.0. The molecule has 0 saturated carbocycles. The van der Waals surface area contributed by atoms with E-state index in [0.29, 0.717) is 19.4 Å². The molecule has 2 atom stereocenters. The molecule has 1 aliphatic rings. The van der Waals surface area contributed by atoms with Crippen LogP contribution < -0.4 is 4.74 Å². The van der Waals surface area contributed by atoms with Gasteiger partial charge in [-0.05, 0) is 51.3 Å². The van der Waals surface area contributed by atoms with E-state index in [-0.39, 0.29) is 18.2 Å². The molecule has 2 rings (SSSR count). The second-order valence-electron chi connectivity index (χ2n) is 6.79. The number of hydrogen-bond donors (Lipinski definition) is 1. The molecular weight excluding hydrogens is 294 g/mol. The summed E-state index contributed by atoms with van der Waals surface area (Å²) in [6.45, 7) is 6.22. The fraction of sp³-hybridized carbons (Fsp3) is 0.611. The Morgan fingerprint density at radius 3 is 2.57 bits per heavy atom. The Morgan fingerprint density at radius 1 is 1.39 bits per heavy atom. The number of amides is 1. The van der Waals surface area contributed by atoms with E-state index >= 15 is 0 Å². The third-order valence-electron chi connectivity index (χ3n) is 4.34. The summed E-state index contributed by atoms with van der Waals surface area (Å²) < 4.78 is 10.7. The monoisotopic (exact) mass is 321 g/mol. The van der Waals surface area contributed by atoms with Crippen molar-refractivity contribution in [2.75, 3.05) is 13.7 Å². The van der Waals surface area contributed by atoms with Crippen LogP contribution in [0.15, 0.2) is 24.3 Å². The number of aliphatic hydroxyl groups is 1. The van der Waals surface area contributed by atoms with Gasteiger partial charge in [-0.25, -0.2) is 4.79 Å². The summed E-state index contributed by atoms with van der Waals surface area (Å²) in [5.74, 6) is 0.800. The topological polar surface area (TPSA) is 59.0 Å². The molecule has 1 heterocycles. The van der Waals surface area contributed by atoms with E-state index in [9.17, 15) is 9.90 Å². The van der Waals surface area contributed by atoms with Crippen LogP contribution >= 0.6 is 0 Å². The van der Waals surface area contributed by atoms with E-state index in [4.69, 9.17) is 9.47 Å². The maximum atomic E-state index is 12.3. The van der Waals surface area contributed by atoms with E-state index in [0.717, 1.165) is 17.7 Å². The Balaban J connectivity index is 1.93. The zero-order valence-electron chi connectivity index (χ0n) is 14.4. The number of methoxy groups -OCH3 is 1. The van der Waals surface area contributed by atoms with Gasteiger partial charge >= 0.3 is 6.09 Å². The molecule has 1 N–H and O–H groups in total. The standard InChI is InChI=1S/C18H27NO4/c1-13(14-5-7-15(22-4)8-6-14)19-12-10-16(23-17(19)20)9-11-18(2,3)21/h5-8,13,16,21H,9-12H2,1-4H3. The van der Waals surface area contributed by atoms with Crippen molar-refractivity contribution >= 4 is 6.09 Å². The molecule has 1 saturated heterocycles. The van der Waals surface area contributed by atoms with Crippen molar-refractivity contribution in [2.24, 2.45) is 0 Å². The molecule has 5 nitrogen and oxygen atoms in total. The Labute approximate surface area is 138 Å². The predicted octanol–water partition coefficient (Wildman–Crippen LogP) is 3.52. The van der Waals surface area contributed by atoms with E-state index in [1.54, 1.807) is 25.9 Å². The molecule has 2 unspecified atom stereocenters. The van der Waals surface area contributed by atoms with E-state index in [1.165, 1.54) is 0 Å². The van der Waals surface area contributed by atoms with Crippen molar-refractivity contribution in [1.82, 2.24) is 4.90 Å². The second-order valence-corrected chi connectivity index (χ2v) is 6.79. The fourth-order valence-corrected chi connectivity index (χ4v) is 2.78. The number of benzene rings is 1. The van der Waals surface area contributed by atoms with Crippen LogP contribution in [0.1, 0.15) is 51.6 Å². The molecule has 0 aromatic heterocycles. The molecule has 1 aliphatic heterocycles. The molecule has 0 radical (unpaired) electrons.